The first-order chi connectivity index (χ1) is 6.97. The molecule has 6 nitrogen and oxygen atoms in total. The molecule has 3 atom stereocenters. The van der Waals surface area contributed by atoms with Gasteiger partial charge in [0.2, 0.25) is 5.78 Å². The number of aliphatic hydroxyl groups excluding tert-OH is 3. The third kappa shape index (κ3) is 2.41. The van der Waals surface area contributed by atoms with Crippen molar-refractivity contribution in [2.24, 2.45) is 0 Å². The third-order valence-corrected chi connectivity index (χ3v) is 2.07. The molecular formula is C9H12O6. The summed E-state index contributed by atoms with van der Waals surface area (Å²) in [5, 5.41) is 27.5. The first-order valence-corrected chi connectivity index (χ1v) is 4.36. The van der Waals surface area contributed by atoms with E-state index >= 15 is 0 Å². The van der Waals surface area contributed by atoms with Crippen LogP contribution >= 0.6 is 0 Å². The van der Waals surface area contributed by atoms with Crippen LogP contribution in [0.3, 0.4) is 0 Å². The van der Waals surface area contributed by atoms with Crippen molar-refractivity contribution in [3.05, 3.63) is 11.6 Å². The number of aliphatic hydroxyl groups is 3. The summed E-state index contributed by atoms with van der Waals surface area (Å²) in [6, 6.07) is 0. The van der Waals surface area contributed by atoms with Crippen LogP contribution in [0.2, 0.25) is 0 Å². The van der Waals surface area contributed by atoms with E-state index in [1.165, 1.54) is 0 Å². The molecule has 1 rings (SSSR count). The molecule has 0 spiro atoms. The lowest BCUT2D eigenvalue weighted by Crippen LogP contribution is -2.48. The van der Waals surface area contributed by atoms with Crippen LogP contribution in [0.1, 0.15) is 6.92 Å². The standard InChI is InChI=1S/C9H12O6/c1-4(11)15-9-7(13)5(3-10)2-6(12)8(9)14/h2,6,8-10,12,14H,3H2,1H3/t6-,8-,9-/m1/s1. The average Bonchev–Trinajstić information content (AvgIpc) is 2.18. The zero-order valence-electron chi connectivity index (χ0n) is 8.08. The highest BCUT2D eigenvalue weighted by molar-refractivity contribution is 6.01. The minimum Gasteiger partial charge on any atom is -0.451 e. The molecule has 3 N–H and O–H groups in total. The van der Waals surface area contributed by atoms with Crippen molar-refractivity contribution in [3.8, 4) is 0 Å². The van der Waals surface area contributed by atoms with Gasteiger partial charge in [0.25, 0.3) is 0 Å². The number of esters is 1. The van der Waals surface area contributed by atoms with Gasteiger partial charge in [0.05, 0.1) is 6.61 Å². The number of rotatable bonds is 2. The fourth-order valence-corrected chi connectivity index (χ4v) is 1.34. The SMILES string of the molecule is CC(=O)O[C@@H]1C(=O)C(CO)=C[C@@H](O)[C@H]1O. The third-order valence-electron chi connectivity index (χ3n) is 2.07. The molecule has 0 bridgehead atoms. The van der Waals surface area contributed by atoms with Crippen LogP contribution in [0, 0.1) is 0 Å². The highest BCUT2D eigenvalue weighted by Gasteiger charge is 2.39. The number of hydrogen-bond donors (Lipinski definition) is 3. The Morgan fingerprint density at radius 3 is 2.60 bits per heavy atom. The Hall–Kier alpha value is -1.24. The van der Waals surface area contributed by atoms with Gasteiger partial charge in [-0.3, -0.25) is 9.59 Å². The molecule has 1 aliphatic rings. The van der Waals surface area contributed by atoms with Crippen molar-refractivity contribution in [1.29, 1.82) is 0 Å². The number of hydrogen-bond acceptors (Lipinski definition) is 6. The molecule has 0 saturated carbocycles. The topological polar surface area (TPSA) is 104 Å². The summed E-state index contributed by atoms with van der Waals surface area (Å²) >= 11 is 0. The minimum atomic E-state index is -1.49. The summed E-state index contributed by atoms with van der Waals surface area (Å²) in [7, 11) is 0. The van der Waals surface area contributed by atoms with Gasteiger partial charge in [-0.1, -0.05) is 0 Å². The van der Waals surface area contributed by atoms with E-state index in [9.17, 15) is 19.8 Å². The summed E-state index contributed by atoms with van der Waals surface area (Å²) in [6.07, 6.45) is -3.21. The highest BCUT2D eigenvalue weighted by atomic mass is 16.6. The van der Waals surface area contributed by atoms with Crippen molar-refractivity contribution < 1.29 is 29.6 Å². The van der Waals surface area contributed by atoms with Gasteiger partial charge in [-0.25, -0.2) is 0 Å². The zero-order valence-corrected chi connectivity index (χ0v) is 8.08. The Morgan fingerprint density at radius 1 is 1.53 bits per heavy atom. The molecule has 0 aromatic carbocycles. The van der Waals surface area contributed by atoms with Gasteiger partial charge in [-0.2, -0.15) is 0 Å². The van der Waals surface area contributed by atoms with Crippen LogP contribution in [-0.2, 0) is 14.3 Å². The number of Topliss-reactive ketones (excluding diaryl/α,β-unsaturated/α-hetero) is 1. The Bertz CT molecular complexity index is 308. The second-order valence-corrected chi connectivity index (χ2v) is 3.23. The maximum Gasteiger partial charge on any atom is 0.303 e. The summed E-state index contributed by atoms with van der Waals surface area (Å²) in [4.78, 5) is 22.1. The van der Waals surface area contributed by atoms with E-state index < -0.39 is 36.7 Å². The van der Waals surface area contributed by atoms with E-state index in [1.54, 1.807) is 0 Å². The van der Waals surface area contributed by atoms with E-state index in [1.807, 2.05) is 0 Å². The fraction of sp³-hybridized carbons (Fsp3) is 0.556. The first-order valence-electron chi connectivity index (χ1n) is 4.36. The molecule has 15 heavy (non-hydrogen) atoms. The lowest BCUT2D eigenvalue weighted by Gasteiger charge is -2.28. The molecule has 1 aliphatic carbocycles. The maximum atomic E-state index is 11.5. The number of ether oxygens (including phenoxy) is 1. The van der Waals surface area contributed by atoms with Crippen LogP contribution in [0.15, 0.2) is 11.6 Å². The lowest BCUT2D eigenvalue weighted by atomic mass is 9.91. The van der Waals surface area contributed by atoms with E-state index in [0.29, 0.717) is 0 Å². The number of carbonyl (C=O) groups excluding carboxylic acids is 2. The van der Waals surface area contributed by atoms with Gasteiger partial charge in [-0.15, -0.1) is 0 Å². The quantitative estimate of drug-likeness (QED) is 0.468. The normalized spacial score (nSPS) is 31.1. The largest absolute Gasteiger partial charge is 0.451 e. The Morgan fingerprint density at radius 2 is 2.13 bits per heavy atom. The first kappa shape index (κ1) is 11.8. The Balaban J connectivity index is 2.92. The average molecular weight is 216 g/mol. The van der Waals surface area contributed by atoms with Crippen LogP contribution in [0.25, 0.3) is 0 Å². The molecule has 0 unspecified atom stereocenters. The summed E-state index contributed by atoms with van der Waals surface area (Å²) in [6.45, 7) is 0.518. The highest BCUT2D eigenvalue weighted by Crippen LogP contribution is 2.18. The van der Waals surface area contributed by atoms with Gasteiger partial charge >= 0.3 is 5.97 Å². The number of ketones is 1. The zero-order chi connectivity index (χ0) is 11.6. The molecule has 0 saturated heterocycles. The van der Waals surface area contributed by atoms with Crippen molar-refractivity contribution in [2.75, 3.05) is 6.61 Å². The summed E-state index contributed by atoms with van der Waals surface area (Å²) < 4.78 is 4.57. The monoisotopic (exact) mass is 216 g/mol. The second-order valence-electron chi connectivity index (χ2n) is 3.23. The van der Waals surface area contributed by atoms with Gasteiger partial charge in [0.15, 0.2) is 6.10 Å². The molecule has 0 aliphatic heterocycles. The molecule has 0 heterocycles. The molecule has 0 aromatic rings. The minimum absolute atomic E-state index is 0.0703. The van der Waals surface area contributed by atoms with E-state index in [0.717, 1.165) is 13.0 Å². The van der Waals surface area contributed by atoms with Crippen LogP contribution < -0.4 is 0 Å². The van der Waals surface area contributed by atoms with Crippen LogP contribution in [0.5, 0.6) is 0 Å². The smallest absolute Gasteiger partial charge is 0.303 e. The van der Waals surface area contributed by atoms with Gasteiger partial charge in [0.1, 0.15) is 12.2 Å². The molecule has 0 amide bonds. The molecule has 0 radical (unpaired) electrons. The van der Waals surface area contributed by atoms with E-state index in [2.05, 4.69) is 4.74 Å². The molecule has 6 heteroatoms. The number of carbonyl (C=O) groups is 2. The maximum absolute atomic E-state index is 11.5. The molecule has 84 valence electrons. The Kier molecular flexibility index (Phi) is 3.57. The van der Waals surface area contributed by atoms with Crippen molar-refractivity contribution in [3.63, 3.8) is 0 Å². The van der Waals surface area contributed by atoms with Crippen LogP contribution in [0.4, 0.5) is 0 Å². The van der Waals surface area contributed by atoms with Crippen molar-refractivity contribution >= 4 is 11.8 Å². The van der Waals surface area contributed by atoms with Gasteiger partial charge in [-0.05, 0) is 6.08 Å². The van der Waals surface area contributed by atoms with E-state index in [-0.39, 0.29) is 5.57 Å². The summed E-state index contributed by atoms with van der Waals surface area (Å²) in [5.74, 6) is -1.43. The van der Waals surface area contributed by atoms with Gasteiger partial charge in [0, 0.05) is 12.5 Å². The lowest BCUT2D eigenvalue weighted by molar-refractivity contribution is -0.163. The molecular weight excluding hydrogens is 204 g/mol. The van der Waals surface area contributed by atoms with Crippen molar-refractivity contribution in [2.45, 2.75) is 25.2 Å². The predicted octanol–water partition coefficient (Wildman–Crippen LogP) is -1.86. The summed E-state index contributed by atoms with van der Waals surface area (Å²) in [5.41, 5.74) is -0.0703. The second kappa shape index (κ2) is 4.52. The fourth-order valence-electron chi connectivity index (χ4n) is 1.34. The Labute approximate surface area is 85.8 Å². The van der Waals surface area contributed by atoms with Crippen LogP contribution in [-0.4, -0.2) is 52.0 Å². The molecule has 0 fully saturated rings. The van der Waals surface area contributed by atoms with Gasteiger partial charge < -0.3 is 20.1 Å². The molecule has 0 aromatic heterocycles. The predicted molar refractivity (Wildman–Crippen MR) is 47.7 cm³/mol. The van der Waals surface area contributed by atoms with E-state index in [4.69, 9.17) is 5.11 Å². The van der Waals surface area contributed by atoms with Crippen molar-refractivity contribution in [1.82, 2.24) is 0 Å².